The Labute approximate surface area is 122 Å². The molecule has 0 saturated carbocycles. The fourth-order valence-corrected chi connectivity index (χ4v) is 2.23. The standard InChI is InChI=1S/C15H19N3O3/c1-3-5-12(15(20)21)16-9-11-8-13(19)18-7-4-6-10(2)14(18)17-11/h4,6-8,12,16H,3,5,9H2,1-2H3,(H,20,21). The summed E-state index contributed by atoms with van der Waals surface area (Å²) in [7, 11) is 0. The summed E-state index contributed by atoms with van der Waals surface area (Å²) < 4.78 is 1.49. The number of nitrogens with zero attached hydrogens (tertiary/aromatic N) is 2. The number of hydrogen-bond acceptors (Lipinski definition) is 4. The lowest BCUT2D eigenvalue weighted by atomic mass is 10.1. The smallest absolute Gasteiger partial charge is 0.320 e. The molecule has 0 amide bonds. The zero-order valence-corrected chi connectivity index (χ0v) is 12.2. The van der Waals surface area contributed by atoms with Crippen molar-refractivity contribution in [2.75, 3.05) is 0 Å². The van der Waals surface area contributed by atoms with E-state index in [4.69, 9.17) is 5.11 Å². The van der Waals surface area contributed by atoms with Gasteiger partial charge in [-0.05, 0) is 25.0 Å². The van der Waals surface area contributed by atoms with Crippen molar-refractivity contribution in [3.8, 4) is 0 Å². The Morgan fingerprint density at radius 2 is 2.29 bits per heavy atom. The zero-order chi connectivity index (χ0) is 15.4. The lowest BCUT2D eigenvalue weighted by Gasteiger charge is -2.13. The molecule has 1 unspecified atom stereocenters. The molecule has 2 aromatic rings. The maximum atomic E-state index is 12.0. The highest BCUT2D eigenvalue weighted by Crippen LogP contribution is 2.06. The second kappa shape index (κ2) is 6.49. The summed E-state index contributed by atoms with van der Waals surface area (Å²) in [5, 5.41) is 12.0. The molecule has 0 bridgehead atoms. The normalized spacial score (nSPS) is 12.5. The van der Waals surface area contributed by atoms with E-state index in [1.54, 1.807) is 12.3 Å². The fraction of sp³-hybridized carbons (Fsp3) is 0.400. The van der Waals surface area contributed by atoms with Gasteiger partial charge in [0.2, 0.25) is 0 Å². The minimum Gasteiger partial charge on any atom is -0.480 e. The van der Waals surface area contributed by atoms with Crippen LogP contribution in [0.5, 0.6) is 0 Å². The third-order valence-corrected chi connectivity index (χ3v) is 3.34. The van der Waals surface area contributed by atoms with Gasteiger partial charge < -0.3 is 5.11 Å². The topological polar surface area (TPSA) is 83.7 Å². The summed E-state index contributed by atoms with van der Waals surface area (Å²) >= 11 is 0. The number of carboxylic acids is 1. The molecular formula is C15H19N3O3. The van der Waals surface area contributed by atoms with Gasteiger partial charge in [0.1, 0.15) is 11.7 Å². The molecule has 21 heavy (non-hydrogen) atoms. The number of aliphatic carboxylic acids is 1. The maximum Gasteiger partial charge on any atom is 0.320 e. The maximum absolute atomic E-state index is 12.0. The second-order valence-electron chi connectivity index (χ2n) is 5.03. The van der Waals surface area contributed by atoms with Gasteiger partial charge in [-0.25, -0.2) is 4.98 Å². The van der Waals surface area contributed by atoms with Crippen LogP contribution in [0.4, 0.5) is 0 Å². The highest BCUT2D eigenvalue weighted by Gasteiger charge is 2.15. The molecule has 2 aromatic heterocycles. The van der Waals surface area contributed by atoms with E-state index in [2.05, 4.69) is 10.3 Å². The molecule has 0 aliphatic carbocycles. The van der Waals surface area contributed by atoms with E-state index in [9.17, 15) is 9.59 Å². The van der Waals surface area contributed by atoms with Crippen molar-refractivity contribution in [2.24, 2.45) is 0 Å². The molecule has 0 aliphatic rings. The third-order valence-electron chi connectivity index (χ3n) is 3.34. The molecular weight excluding hydrogens is 270 g/mol. The molecule has 2 rings (SSSR count). The molecule has 6 heteroatoms. The predicted molar refractivity (Wildman–Crippen MR) is 79.4 cm³/mol. The van der Waals surface area contributed by atoms with E-state index in [0.29, 0.717) is 17.8 Å². The Balaban J connectivity index is 2.25. The summed E-state index contributed by atoms with van der Waals surface area (Å²) in [6, 6.07) is 4.50. The molecule has 2 N–H and O–H groups in total. The molecule has 0 saturated heterocycles. The van der Waals surface area contributed by atoms with Gasteiger partial charge in [0.15, 0.2) is 0 Å². The van der Waals surface area contributed by atoms with Crippen LogP contribution in [0.25, 0.3) is 5.65 Å². The van der Waals surface area contributed by atoms with Crippen LogP contribution in [-0.4, -0.2) is 26.5 Å². The van der Waals surface area contributed by atoms with Crippen LogP contribution in [0.2, 0.25) is 0 Å². The van der Waals surface area contributed by atoms with E-state index in [1.165, 1.54) is 10.5 Å². The highest BCUT2D eigenvalue weighted by molar-refractivity contribution is 5.73. The monoisotopic (exact) mass is 289 g/mol. The van der Waals surface area contributed by atoms with Crippen LogP contribution in [-0.2, 0) is 11.3 Å². The minimum atomic E-state index is -0.884. The molecule has 1 atom stereocenters. The molecule has 112 valence electrons. The van der Waals surface area contributed by atoms with Crippen molar-refractivity contribution < 1.29 is 9.90 Å². The minimum absolute atomic E-state index is 0.164. The van der Waals surface area contributed by atoms with E-state index in [1.807, 2.05) is 19.9 Å². The quantitative estimate of drug-likeness (QED) is 0.838. The van der Waals surface area contributed by atoms with Crippen LogP contribution >= 0.6 is 0 Å². The van der Waals surface area contributed by atoms with E-state index in [0.717, 1.165) is 12.0 Å². The average molecular weight is 289 g/mol. The molecule has 0 fully saturated rings. The van der Waals surface area contributed by atoms with Gasteiger partial charge in [-0.2, -0.15) is 0 Å². The van der Waals surface area contributed by atoms with Crippen LogP contribution in [0.3, 0.4) is 0 Å². The van der Waals surface area contributed by atoms with Crippen molar-refractivity contribution in [1.29, 1.82) is 0 Å². The van der Waals surface area contributed by atoms with E-state index >= 15 is 0 Å². The van der Waals surface area contributed by atoms with Crippen LogP contribution < -0.4 is 10.9 Å². The summed E-state index contributed by atoms with van der Waals surface area (Å²) in [5.41, 5.74) is 1.89. The lowest BCUT2D eigenvalue weighted by molar-refractivity contribution is -0.139. The van der Waals surface area contributed by atoms with Crippen LogP contribution in [0, 0.1) is 6.92 Å². The Bertz CT molecular complexity index is 709. The molecule has 0 aromatic carbocycles. The first-order chi connectivity index (χ1) is 10.0. The van der Waals surface area contributed by atoms with Gasteiger partial charge in [-0.1, -0.05) is 19.4 Å². The van der Waals surface area contributed by atoms with Crippen molar-refractivity contribution in [3.63, 3.8) is 0 Å². The predicted octanol–water partition coefficient (Wildman–Crippen LogP) is 1.35. The highest BCUT2D eigenvalue weighted by atomic mass is 16.4. The van der Waals surface area contributed by atoms with Gasteiger partial charge in [0.25, 0.3) is 5.56 Å². The van der Waals surface area contributed by atoms with Gasteiger partial charge in [0, 0.05) is 18.8 Å². The number of aromatic nitrogens is 2. The first kappa shape index (κ1) is 15.2. The first-order valence-electron chi connectivity index (χ1n) is 6.97. The Hall–Kier alpha value is -2.21. The summed E-state index contributed by atoms with van der Waals surface area (Å²) in [6.45, 7) is 4.08. The summed E-state index contributed by atoms with van der Waals surface area (Å²) in [6.07, 6.45) is 2.99. The van der Waals surface area contributed by atoms with Gasteiger partial charge in [-0.15, -0.1) is 0 Å². The Morgan fingerprint density at radius 1 is 1.52 bits per heavy atom. The number of aryl methyl sites for hydroxylation is 1. The number of hydrogen-bond donors (Lipinski definition) is 2. The summed E-state index contributed by atoms with van der Waals surface area (Å²) in [5.74, 6) is -0.884. The first-order valence-corrected chi connectivity index (χ1v) is 6.97. The van der Waals surface area contributed by atoms with Crippen molar-refractivity contribution in [1.82, 2.24) is 14.7 Å². The number of carbonyl (C=O) groups is 1. The molecule has 0 aliphatic heterocycles. The Morgan fingerprint density at radius 3 is 2.95 bits per heavy atom. The number of pyridine rings is 1. The third kappa shape index (κ3) is 3.46. The number of carboxylic acid groups (broad SMARTS) is 1. The fourth-order valence-electron chi connectivity index (χ4n) is 2.23. The number of nitrogens with one attached hydrogen (secondary N) is 1. The van der Waals surface area contributed by atoms with E-state index in [-0.39, 0.29) is 12.1 Å². The summed E-state index contributed by atoms with van der Waals surface area (Å²) in [4.78, 5) is 27.6. The lowest BCUT2D eigenvalue weighted by Crippen LogP contribution is -2.36. The van der Waals surface area contributed by atoms with Gasteiger partial charge in [-0.3, -0.25) is 19.3 Å². The SMILES string of the molecule is CCCC(NCc1cc(=O)n2cccc(C)c2n1)C(=O)O. The van der Waals surface area contributed by atoms with Crippen molar-refractivity contribution in [3.05, 3.63) is 46.0 Å². The second-order valence-corrected chi connectivity index (χ2v) is 5.03. The van der Waals surface area contributed by atoms with Crippen molar-refractivity contribution >= 4 is 11.6 Å². The molecule has 0 spiro atoms. The number of fused-ring (bicyclic) bond motifs is 1. The molecule has 6 nitrogen and oxygen atoms in total. The zero-order valence-electron chi connectivity index (χ0n) is 12.2. The number of rotatable bonds is 6. The molecule has 0 radical (unpaired) electrons. The average Bonchev–Trinajstić information content (AvgIpc) is 2.44. The van der Waals surface area contributed by atoms with E-state index < -0.39 is 12.0 Å². The van der Waals surface area contributed by atoms with Gasteiger partial charge >= 0.3 is 5.97 Å². The van der Waals surface area contributed by atoms with Gasteiger partial charge in [0.05, 0.1) is 5.69 Å². The molecule has 2 heterocycles. The van der Waals surface area contributed by atoms with Crippen molar-refractivity contribution in [2.45, 2.75) is 39.3 Å². The van der Waals surface area contributed by atoms with Crippen LogP contribution in [0.15, 0.2) is 29.2 Å². The Kier molecular flexibility index (Phi) is 4.70. The van der Waals surface area contributed by atoms with Crippen LogP contribution in [0.1, 0.15) is 31.0 Å². The largest absolute Gasteiger partial charge is 0.480 e.